The van der Waals surface area contributed by atoms with Crippen molar-refractivity contribution in [3.8, 4) is 5.69 Å². The number of amides is 1. The molecule has 3 aromatic rings. The number of hydrogen-bond acceptors (Lipinski definition) is 6. The molecule has 13 heteroatoms. The maximum absolute atomic E-state index is 13.1. The molecule has 8 nitrogen and oxygen atoms in total. The van der Waals surface area contributed by atoms with Crippen molar-refractivity contribution < 1.29 is 18.0 Å². The summed E-state index contributed by atoms with van der Waals surface area (Å²) < 4.78 is 39.8. The topological polar surface area (TPSA) is 80.0 Å². The molecule has 1 saturated heterocycles. The van der Waals surface area contributed by atoms with Crippen molar-refractivity contribution in [3.05, 3.63) is 58.0 Å². The molecule has 1 amide bonds. The van der Waals surface area contributed by atoms with Gasteiger partial charge < -0.3 is 9.80 Å². The largest absolute Gasteiger partial charge is 0.417 e. The molecule has 0 aliphatic carbocycles. The molecule has 1 aliphatic heterocycles. The summed E-state index contributed by atoms with van der Waals surface area (Å²) in [6.07, 6.45) is -2.39. The highest BCUT2D eigenvalue weighted by Crippen LogP contribution is 2.34. The summed E-state index contributed by atoms with van der Waals surface area (Å²) in [7, 11) is 0. The second-order valence-corrected chi connectivity index (χ2v) is 7.57. The predicted octanol–water partition coefficient (Wildman–Crippen LogP) is 3.35. The van der Waals surface area contributed by atoms with Crippen molar-refractivity contribution in [1.82, 2.24) is 30.1 Å². The van der Waals surface area contributed by atoms with Crippen LogP contribution in [-0.2, 0) is 6.18 Å². The van der Waals surface area contributed by atoms with Crippen LogP contribution in [0.15, 0.2) is 36.8 Å². The molecule has 0 bridgehead atoms. The number of benzene rings is 1. The van der Waals surface area contributed by atoms with Crippen LogP contribution in [0.5, 0.6) is 0 Å². The number of anilines is 1. The molecule has 1 fully saturated rings. The fourth-order valence-corrected chi connectivity index (χ4v) is 3.72. The van der Waals surface area contributed by atoms with Gasteiger partial charge in [-0.2, -0.15) is 17.9 Å². The van der Waals surface area contributed by atoms with Crippen molar-refractivity contribution in [2.45, 2.75) is 6.18 Å². The van der Waals surface area contributed by atoms with Gasteiger partial charge in [-0.1, -0.05) is 23.2 Å². The minimum absolute atomic E-state index is 0.0922. The maximum atomic E-state index is 13.1. The highest BCUT2D eigenvalue weighted by molar-refractivity contribution is 6.33. The molecule has 162 valence electrons. The average molecular weight is 472 g/mol. The lowest BCUT2D eigenvalue weighted by Gasteiger charge is -2.36. The Hall–Kier alpha value is -2.92. The van der Waals surface area contributed by atoms with E-state index in [0.29, 0.717) is 42.5 Å². The van der Waals surface area contributed by atoms with E-state index >= 15 is 0 Å². The van der Waals surface area contributed by atoms with Gasteiger partial charge in [0.25, 0.3) is 5.91 Å². The van der Waals surface area contributed by atoms with Gasteiger partial charge in [-0.05, 0) is 34.7 Å². The molecule has 0 radical (unpaired) electrons. The summed E-state index contributed by atoms with van der Waals surface area (Å²) in [6.45, 7) is 1.34. The number of aromatic nitrogens is 5. The van der Waals surface area contributed by atoms with Crippen molar-refractivity contribution >= 4 is 34.9 Å². The van der Waals surface area contributed by atoms with E-state index in [0.717, 1.165) is 12.3 Å². The normalized spacial score (nSPS) is 14.7. The van der Waals surface area contributed by atoms with Gasteiger partial charge in [0.15, 0.2) is 0 Å². The number of piperazine rings is 1. The zero-order chi connectivity index (χ0) is 22.2. The van der Waals surface area contributed by atoms with Crippen molar-refractivity contribution in [2.75, 3.05) is 31.1 Å². The third-order valence-corrected chi connectivity index (χ3v) is 5.31. The van der Waals surface area contributed by atoms with Crippen LogP contribution >= 0.6 is 23.2 Å². The van der Waals surface area contributed by atoms with Crippen LogP contribution in [0.4, 0.5) is 19.0 Å². The zero-order valence-corrected chi connectivity index (χ0v) is 17.2. The number of nitrogens with zero attached hydrogens (tertiary/aromatic N) is 7. The molecule has 0 atom stereocenters. The third kappa shape index (κ3) is 4.42. The first-order valence-corrected chi connectivity index (χ1v) is 9.79. The molecule has 0 saturated carbocycles. The van der Waals surface area contributed by atoms with E-state index < -0.39 is 11.7 Å². The highest BCUT2D eigenvalue weighted by atomic mass is 35.5. The van der Waals surface area contributed by atoms with Gasteiger partial charge in [0.1, 0.15) is 12.1 Å². The first-order valence-electron chi connectivity index (χ1n) is 9.04. The van der Waals surface area contributed by atoms with E-state index in [1.54, 1.807) is 28.0 Å². The molecular formula is C18H14Cl2F3N7O. The molecule has 2 aromatic heterocycles. The average Bonchev–Trinajstić information content (AvgIpc) is 3.27. The second kappa shape index (κ2) is 8.31. The van der Waals surface area contributed by atoms with Crippen LogP contribution in [0, 0.1) is 0 Å². The van der Waals surface area contributed by atoms with Gasteiger partial charge in [0, 0.05) is 37.4 Å². The van der Waals surface area contributed by atoms with Crippen LogP contribution in [0.3, 0.4) is 0 Å². The number of pyridine rings is 1. The smallest absolute Gasteiger partial charge is 0.352 e. The number of tetrazole rings is 1. The Labute approximate surface area is 184 Å². The first-order chi connectivity index (χ1) is 14.7. The van der Waals surface area contributed by atoms with Crippen LogP contribution in [0.2, 0.25) is 10.0 Å². The maximum Gasteiger partial charge on any atom is 0.417 e. The van der Waals surface area contributed by atoms with E-state index in [4.69, 9.17) is 23.2 Å². The fourth-order valence-electron chi connectivity index (χ4n) is 3.26. The van der Waals surface area contributed by atoms with Crippen molar-refractivity contribution in [3.63, 3.8) is 0 Å². The van der Waals surface area contributed by atoms with Gasteiger partial charge >= 0.3 is 6.18 Å². The van der Waals surface area contributed by atoms with E-state index in [-0.39, 0.29) is 16.7 Å². The molecular weight excluding hydrogens is 458 g/mol. The molecule has 4 rings (SSSR count). The zero-order valence-electron chi connectivity index (χ0n) is 15.7. The van der Waals surface area contributed by atoms with Gasteiger partial charge in [0.2, 0.25) is 0 Å². The Morgan fingerprint density at radius 2 is 1.81 bits per heavy atom. The Morgan fingerprint density at radius 3 is 2.42 bits per heavy atom. The van der Waals surface area contributed by atoms with E-state index in [2.05, 4.69) is 20.5 Å². The number of carbonyl (C=O) groups excluding carboxylic acids is 1. The van der Waals surface area contributed by atoms with E-state index in [9.17, 15) is 18.0 Å². The molecule has 0 unspecified atom stereocenters. The summed E-state index contributed by atoms with van der Waals surface area (Å²) >= 11 is 12.1. The molecule has 1 aliphatic rings. The molecule has 3 heterocycles. The van der Waals surface area contributed by atoms with Gasteiger partial charge in [0.05, 0.1) is 21.8 Å². The van der Waals surface area contributed by atoms with Crippen LogP contribution in [0.1, 0.15) is 15.9 Å². The number of halogens is 5. The molecule has 0 N–H and O–H groups in total. The summed E-state index contributed by atoms with van der Waals surface area (Å²) in [4.78, 5) is 20.4. The van der Waals surface area contributed by atoms with Gasteiger partial charge in [-0.25, -0.2) is 4.98 Å². The predicted molar refractivity (Wildman–Crippen MR) is 107 cm³/mol. The lowest BCUT2D eigenvalue weighted by Crippen LogP contribution is -2.49. The second-order valence-electron chi connectivity index (χ2n) is 6.72. The third-order valence-electron chi connectivity index (χ3n) is 4.80. The summed E-state index contributed by atoms with van der Waals surface area (Å²) in [6, 6.07) is 5.67. The Bertz CT molecular complexity index is 1100. The summed E-state index contributed by atoms with van der Waals surface area (Å²) in [5.74, 6) is -0.0157. The Balaban J connectivity index is 1.50. The minimum Gasteiger partial charge on any atom is -0.352 e. The molecule has 1 aromatic carbocycles. The minimum atomic E-state index is -4.52. The standard InChI is InChI=1S/C18H14Cl2F3N7O/c19-12-1-2-15(30-10-25-26-27-30)13(8-12)17(31)29-5-3-28(4-6-29)16-14(20)7-11(9-24-16)18(21,22)23/h1-2,7-10H,3-6H2. The van der Waals surface area contributed by atoms with Crippen molar-refractivity contribution in [2.24, 2.45) is 0 Å². The van der Waals surface area contributed by atoms with Crippen LogP contribution in [-0.4, -0.2) is 62.2 Å². The van der Waals surface area contributed by atoms with Crippen LogP contribution < -0.4 is 4.90 Å². The molecule has 31 heavy (non-hydrogen) atoms. The monoisotopic (exact) mass is 471 g/mol. The molecule has 0 spiro atoms. The summed E-state index contributed by atoms with van der Waals surface area (Å²) in [5.41, 5.74) is -0.0978. The number of hydrogen-bond donors (Lipinski definition) is 0. The Kier molecular flexibility index (Phi) is 5.71. The fraction of sp³-hybridized carbons (Fsp3) is 0.278. The summed E-state index contributed by atoms with van der Waals surface area (Å²) in [5, 5.41) is 11.3. The van der Waals surface area contributed by atoms with Crippen LogP contribution in [0.25, 0.3) is 5.69 Å². The Morgan fingerprint density at radius 1 is 1.06 bits per heavy atom. The number of carbonyl (C=O) groups is 1. The van der Waals surface area contributed by atoms with E-state index in [1.807, 2.05) is 0 Å². The first kappa shape index (κ1) is 21.3. The highest BCUT2D eigenvalue weighted by Gasteiger charge is 2.33. The number of alkyl halides is 3. The van der Waals surface area contributed by atoms with E-state index in [1.165, 1.54) is 11.0 Å². The number of rotatable bonds is 3. The van der Waals surface area contributed by atoms with Gasteiger partial charge in [-0.15, -0.1) is 5.10 Å². The quantitative estimate of drug-likeness (QED) is 0.582. The lowest BCUT2D eigenvalue weighted by molar-refractivity contribution is -0.137. The van der Waals surface area contributed by atoms with Crippen molar-refractivity contribution in [1.29, 1.82) is 0 Å². The lowest BCUT2D eigenvalue weighted by atomic mass is 10.1. The van der Waals surface area contributed by atoms with Gasteiger partial charge in [-0.3, -0.25) is 4.79 Å². The SMILES string of the molecule is O=C(c1cc(Cl)ccc1-n1cnnn1)N1CCN(c2ncc(C(F)(F)F)cc2Cl)CC1.